The van der Waals surface area contributed by atoms with Crippen molar-refractivity contribution in [2.75, 3.05) is 13.2 Å². The molecule has 0 bridgehead atoms. The number of benzene rings is 2. The van der Waals surface area contributed by atoms with Crippen LogP contribution in [0.1, 0.15) is 136 Å². The van der Waals surface area contributed by atoms with Gasteiger partial charge in [0.15, 0.2) is 0 Å². The van der Waals surface area contributed by atoms with Crippen molar-refractivity contribution in [3.63, 3.8) is 0 Å². The van der Waals surface area contributed by atoms with Gasteiger partial charge < -0.3 is 14.9 Å². The van der Waals surface area contributed by atoms with Gasteiger partial charge in [0, 0.05) is 12.2 Å². The molecule has 0 saturated heterocycles. The third kappa shape index (κ3) is 12.6. The molecule has 0 heterocycles. The van der Waals surface area contributed by atoms with Crippen LogP contribution in [0.15, 0.2) is 30.3 Å². The van der Waals surface area contributed by atoms with Crippen molar-refractivity contribution in [3.8, 4) is 11.8 Å². The molecule has 0 aliphatic carbocycles. The number of fused-ring (bicyclic) bond motifs is 1. The van der Waals surface area contributed by atoms with Crippen molar-refractivity contribution in [2.24, 2.45) is 0 Å². The molecule has 5 heteroatoms. The molecule has 0 fully saturated rings. The van der Waals surface area contributed by atoms with E-state index in [4.69, 9.17) is 4.74 Å². The van der Waals surface area contributed by atoms with Crippen LogP contribution in [0.3, 0.4) is 0 Å². The second-order valence-corrected chi connectivity index (χ2v) is 10.2. The first kappa shape index (κ1) is 31.4. The highest BCUT2D eigenvalue weighted by Crippen LogP contribution is 2.22. The fraction of sp³-hybridized carbons (Fsp3) is 0.576. The van der Waals surface area contributed by atoms with Crippen LogP contribution < -0.4 is 0 Å². The van der Waals surface area contributed by atoms with Gasteiger partial charge in [-0.1, -0.05) is 121 Å². The lowest BCUT2D eigenvalue weighted by molar-refractivity contribution is 0.0685. The van der Waals surface area contributed by atoms with Gasteiger partial charge in [0.05, 0.1) is 11.1 Å². The fourth-order valence-corrected chi connectivity index (χ4v) is 4.72. The minimum absolute atomic E-state index is 0.103. The van der Waals surface area contributed by atoms with E-state index in [1.807, 2.05) is 0 Å². The van der Waals surface area contributed by atoms with Crippen molar-refractivity contribution in [3.05, 3.63) is 47.0 Å². The first-order valence-corrected chi connectivity index (χ1v) is 14.6. The first-order chi connectivity index (χ1) is 18.5. The maximum atomic E-state index is 11.7. The summed E-state index contributed by atoms with van der Waals surface area (Å²) >= 11 is 0. The van der Waals surface area contributed by atoms with Crippen molar-refractivity contribution in [1.82, 2.24) is 0 Å². The molecule has 38 heavy (non-hydrogen) atoms. The molecular weight excluding hydrogens is 476 g/mol. The zero-order valence-electron chi connectivity index (χ0n) is 23.2. The Kier molecular flexibility index (Phi) is 15.9. The van der Waals surface area contributed by atoms with Crippen LogP contribution in [-0.2, 0) is 4.74 Å². The average Bonchev–Trinajstić information content (AvgIpc) is 2.91. The lowest BCUT2D eigenvalue weighted by Gasteiger charge is -2.05. The van der Waals surface area contributed by atoms with E-state index in [1.165, 1.54) is 108 Å². The Morgan fingerprint density at radius 1 is 0.684 bits per heavy atom. The Hall–Kier alpha value is -2.84. The number of unbranched alkanes of at least 4 members (excludes halogenated alkanes) is 15. The summed E-state index contributed by atoms with van der Waals surface area (Å²) in [4.78, 5) is 22.9. The Morgan fingerprint density at radius 2 is 1.24 bits per heavy atom. The van der Waals surface area contributed by atoms with Crippen LogP contribution >= 0.6 is 0 Å². The second kappa shape index (κ2) is 19.3. The van der Waals surface area contributed by atoms with E-state index in [2.05, 4.69) is 18.8 Å². The van der Waals surface area contributed by atoms with Crippen molar-refractivity contribution in [2.45, 2.75) is 110 Å². The highest BCUT2D eigenvalue weighted by Gasteiger charge is 2.12. The average molecular weight is 523 g/mol. The van der Waals surface area contributed by atoms with Gasteiger partial charge in [0.25, 0.3) is 0 Å². The molecule has 0 unspecified atom stereocenters. The van der Waals surface area contributed by atoms with Gasteiger partial charge in [-0.05, 0) is 41.5 Å². The van der Waals surface area contributed by atoms with Gasteiger partial charge in [0.1, 0.15) is 6.61 Å². The summed E-state index contributed by atoms with van der Waals surface area (Å²) in [5, 5.41) is 20.1. The summed E-state index contributed by atoms with van der Waals surface area (Å²) in [7, 11) is 0. The quantitative estimate of drug-likeness (QED) is 0.134. The highest BCUT2D eigenvalue weighted by molar-refractivity contribution is 6.00. The molecule has 0 aromatic heterocycles. The minimum atomic E-state index is -1.06. The zero-order chi connectivity index (χ0) is 27.4. The summed E-state index contributed by atoms with van der Waals surface area (Å²) in [6.45, 7) is 3.16. The van der Waals surface area contributed by atoms with Crippen LogP contribution in [0.4, 0.5) is 0 Å². The first-order valence-electron chi connectivity index (χ1n) is 14.6. The summed E-state index contributed by atoms with van der Waals surface area (Å²) in [5.41, 5.74) is 0.617. The number of carboxylic acid groups (broad SMARTS) is 2. The maximum absolute atomic E-state index is 11.7. The van der Waals surface area contributed by atoms with Gasteiger partial charge in [0.2, 0.25) is 0 Å². The lowest BCUT2D eigenvalue weighted by Crippen LogP contribution is -2.01. The SMILES string of the molecule is CCCCCCCCCCCCCCCCCCOCC#Cc1cc2cc(C(=O)O)ccc2cc1C(=O)O. The molecule has 0 radical (unpaired) electrons. The van der Waals surface area contributed by atoms with Gasteiger partial charge in [-0.15, -0.1) is 0 Å². The molecule has 0 atom stereocenters. The van der Waals surface area contributed by atoms with Gasteiger partial charge in [-0.3, -0.25) is 0 Å². The van der Waals surface area contributed by atoms with Crippen LogP contribution in [-0.4, -0.2) is 35.4 Å². The minimum Gasteiger partial charge on any atom is -0.478 e. The second-order valence-electron chi connectivity index (χ2n) is 10.2. The third-order valence-electron chi connectivity index (χ3n) is 6.99. The molecule has 2 aromatic carbocycles. The molecule has 208 valence electrons. The number of carbonyl (C=O) groups is 2. The van der Waals surface area contributed by atoms with E-state index < -0.39 is 11.9 Å². The van der Waals surface area contributed by atoms with Gasteiger partial charge >= 0.3 is 11.9 Å². The van der Waals surface area contributed by atoms with E-state index in [-0.39, 0.29) is 17.7 Å². The summed E-state index contributed by atoms with van der Waals surface area (Å²) in [5.74, 6) is 3.70. The summed E-state index contributed by atoms with van der Waals surface area (Å²) in [6.07, 6.45) is 21.4. The van der Waals surface area contributed by atoms with Gasteiger partial charge in [-0.2, -0.15) is 0 Å². The molecule has 0 amide bonds. The number of aromatic carboxylic acids is 2. The standard InChI is InChI=1S/C33H46O5/c1-2-3-4-5-6-7-8-9-10-11-12-13-14-15-16-17-22-38-23-18-19-28-24-30-25-29(32(34)35)21-20-27(30)26-31(28)33(36)37/h20-21,24-26H,2-17,22-23H2,1H3,(H,34,35)(H,36,37). The number of carboxylic acids is 2. The number of ether oxygens (including phenoxy) is 1. The van der Waals surface area contributed by atoms with E-state index in [1.54, 1.807) is 12.1 Å². The Balaban J connectivity index is 1.54. The highest BCUT2D eigenvalue weighted by atomic mass is 16.5. The Labute approximate surface area is 229 Å². The predicted molar refractivity (Wildman–Crippen MR) is 155 cm³/mol. The summed E-state index contributed by atoms with van der Waals surface area (Å²) < 4.78 is 5.61. The predicted octanol–water partition coefficient (Wildman–Crippen LogP) is 8.87. The number of rotatable bonds is 20. The topological polar surface area (TPSA) is 83.8 Å². The Bertz CT molecular complexity index is 1050. The molecule has 0 spiro atoms. The van der Waals surface area contributed by atoms with E-state index >= 15 is 0 Å². The third-order valence-corrected chi connectivity index (χ3v) is 6.99. The van der Waals surface area contributed by atoms with Crippen molar-refractivity contribution >= 4 is 22.7 Å². The zero-order valence-corrected chi connectivity index (χ0v) is 23.2. The van der Waals surface area contributed by atoms with Crippen molar-refractivity contribution < 1.29 is 24.5 Å². The molecule has 0 aliphatic heterocycles. The Morgan fingerprint density at radius 3 is 1.76 bits per heavy atom. The smallest absolute Gasteiger partial charge is 0.336 e. The largest absolute Gasteiger partial charge is 0.478 e. The number of hydrogen-bond acceptors (Lipinski definition) is 3. The number of hydrogen-bond donors (Lipinski definition) is 2. The molecular formula is C33H46O5. The molecule has 2 rings (SSSR count). The van der Waals surface area contributed by atoms with E-state index in [0.29, 0.717) is 22.9 Å². The molecule has 0 aliphatic rings. The van der Waals surface area contributed by atoms with E-state index in [9.17, 15) is 19.8 Å². The lowest BCUT2D eigenvalue weighted by atomic mass is 9.99. The van der Waals surface area contributed by atoms with Crippen LogP contribution in [0.25, 0.3) is 10.8 Å². The molecule has 0 saturated carbocycles. The fourth-order valence-electron chi connectivity index (χ4n) is 4.72. The molecule has 2 N–H and O–H groups in total. The normalized spacial score (nSPS) is 10.9. The van der Waals surface area contributed by atoms with Crippen LogP contribution in [0.5, 0.6) is 0 Å². The monoisotopic (exact) mass is 522 g/mol. The van der Waals surface area contributed by atoms with E-state index in [0.717, 1.165) is 12.8 Å². The summed E-state index contributed by atoms with van der Waals surface area (Å²) in [6, 6.07) is 7.78. The maximum Gasteiger partial charge on any atom is 0.336 e. The molecule has 5 nitrogen and oxygen atoms in total. The van der Waals surface area contributed by atoms with Crippen LogP contribution in [0.2, 0.25) is 0 Å². The molecule has 2 aromatic rings. The van der Waals surface area contributed by atoms with Gasteiger partial charge in [-0.25, -0.2) is 9.59 Å². The van der Waals surface area contributed by atoms with Crippen LogP contribution in [0, 0.1) is 11.8 Å². The van der Waals surface area contributed by atoms with Crippen molar-refractivity contribution in [1.29, 1.82) is 0 Å².